The zero-order valence-electron chi connectivity index (χ0n) is 9.55. The van der Waals surface area contributed by atoms with Gasteiger partial charge in [-0.2, -0.15) is 0 Å². The number of nitrogens with zero attached hydrogens (tertiary/aromatic N) is 1. The molecule has 0 aromatic heterocycles. The van der Waals surface area contributed by atoms with Gasteiger partial charge < -0.3 is 5.11 Å². The Bertz CT molecular complexity index is 478. The van der Waals surface area contributed by atoms with Crippen molar-refractivity contribution in [2.75, 3.05) is 13.2 Å². The average Bonchev–Trinajstić information content (AvgIpc) is 2.59. The number of carbonyl (C=O) groups excluding carboxylic acids is 2. The lowest BCUT2D eigenvalue weighted by Crippen LogP contribution is -2.39. The van der Waals surface area contributed by atoms with Crippen LogP contribution in [0.15, 0.2) is 24.3 Å². The van der Waals surface area contributed by atoms with Gasteiger partial charge in [-0.05, 0) is 12.1 Å². The lowest BCUT2D eigenvalue weighted by Gasteiger charge is -2.14. The number of imide groups is 1. The van der Waals surface area contributed by atoms with E-state index in [1.165, 1.54) is 0 Å². The number of nitrogens with one attached hydrogen (secondary N) is 1. The first-order valence-corrected chi connectivity index (χ1v) is 5.49. The maximum absolute atomic E-state index is 11.9. The van der Waals surface area contributed by atoms with Crippen LogP contribution in [0.25, 0.3) is 0 Å². The smallest absolute Gasteiger partial charge is 0.304 e. The van der Waals surface area contributed by atoms with Crippen LogP contribution < -0.4 is 5.32 Å². The van der Waals surface area contributed by atoms with Crippen molar-refractivity contribution in [3.8, 4) is 0 Å². The zero-order chi connectivity index (χ0) is 13.1. The number of amides is 2. The van der Waals surface area contributed by atoms with Gasteiger partial charge in [0.15, 0.2) is 0 Å². The molecule has 0 spiro atoms. The molecule has 94 valence electrons. The molecular formula is C12H12N2O4. The van der Waals surface area contributed by atoms with Crippen molar-refractivity contribution in [2.24, 2.45) is 0 Å². The van der Waals surface area contributed by atoms with Crippen molar-refractivity contribution in [3.63, 3.8) is 0 Å². The van der Waals surface area contributed by atoms with Gasteiger partial charge in [0, 0.05) is 6.54 Å². The molecule has 1 aliphatic rings. The minimum atomic E-state index is -0.926. The van der Waals surface area contributed by atoms with Crippen LogP contribution in [-0.4, -0.2) is 41.0 Å². The molecule has 0 atom stereocenters. The Morgan fingerprint density at radius 2 is 1.72 bits per heavy atom. The highest BCUT2D eigenvalue weighted by atomic mass is 16.4. The molecule has 0 saturated carbocycles. The molecule has 2 rings (SSSR count). The molecule has 1 aliphatic heterocycles. The maximum atomic E-state index is 11.9. The molecule has 0 aliphatic carbocycles. The monoisotopic (exact) mass is 248 g/mol. The number of aliphatic carboxylic acids is 1. The van der Waals surface area contributed by atoms with Crippen LogP contribution in [0.1, 0.15) is 27.1 Å². The summed E-state index contributed by atoms with van der Waals surface area (Å²) in [5.41, 5.74) is 0.782. The van der Waals surface area contributed by atoms with Gasteiger partial charge in [-0.25, -0.2) is 0 Å². The number of fused-ring (bicyclic) bond motifs is 1. The van der Waals surface area contributed by atoms with Crippen molar-refractivity contribution >= 4 is 17.8 Å². The van der Waals surface area contributed by atoms with Crippen LogP contribution >= 0.6 is 0 Å². The summed E-state index contributed by atoms with van der Waals surface area (Å²) in [4.78, 5) is 35.2. The second kappa shape index (κ2) is 4.97. The minimum absolute atomic E-state index is 0.0274. The van der Waals surface area contributed by atoms with Crippen molar-refractivity contribution in [1.29, 1.82) is 0 Å². The zero-order valence-corrected chi connectivity index (χ0v) is 9.55. The van der Waals surface area contributed by atoms with E-state index in [2.05, 4.69) is 5.32 Å². The number of carbonyl (C=O) groups is 3. The van der Waals surface area contributed by atoms with E-state index in [1.807, 2.05) is 0 Å². The third-order valence-electron chi connectivity index (χ3n) is 2.66. The van der Waals surface area contributed by atoms with Crippen LogP contribution in [0.5, 0.6) is 0 Å². The first kappa shape index (κ1) is 12.3. The van der Waals surface area contributed by atoms with Crippen LogP contribution in [0.4, 0.5) is 0 Å². The molecular weight excluding hydrogens is 236 g/mol. The van der Waals surface area contributed by atoms with E-state index in [9.17, 15) is 14.4 Å². The molecule has 6 heteroatoms. The minimum Gasteiger partial charge on any atom is -0.481 e. The van der Waals surface area contributed by atoms with Gasteiger partial charge in [0.25, 0.3) is 11.8 Å². The Morgan fingerprint density at radius 1 is 1.17 bits per heavy atom. The highest BCUT2D eigenvalue weighted by molar-refractivity contribution is 6.21. The molecule has 0 fully saturated rings. The highest BCUT2D eigenvalue weighted by Crippen LogP contribution is 2.21. The summed E-state index contributed by atoms with van der Waals surface area (Å²) in [6, 6.07) is 6.61. The Morgan fingerprint density at radius 3 is 2.22 bits per heavy atom. The van der Waals surface area contributed by atoms with Crippen LogP contribution in [0.2, 0.25) is 0 Å². The molecule has 1 heterocycles. The lowest BCUT2D eigenvalue weighted by molar-refractivity contribution is -0.136. The predicted molar refractivity (Wildman–Crippen MR) is 62.1 cm³/mol. The van der Waals surface area contributed by atoms with Gasteiger partial charge in [0.1, 0.15) is 0 Å². The molecule has 0 saturated heterocycles. The van der Waals surface area contributed by atoms with E-state index < -0.39 is 5.97 Å². The molecule has 0 bridgehead atoms. The number of hydrogen-bond acceptors (Lipinski definition) is 4. The second-order valence-corrected chi connectivity index (χ2v) is 3.89. The number of rotatable bonds is 5. The summed E-state index contributed by atoms with van der Waals surface area (Å²) in [6.45, 7) is 0.238. The Labute approximate surface area is 103 Å². The summed E-state index contributed by atoms with van der Waals surface area (Å²) in [7, 11) is 0. The summed E-state index contributed by atoms with van der Waals surface area (Å²) in [5.74, 6) is -1.62. The molecule has 1 aromatic rings. The van der Waals surface area contributed by atoms with Crippen molar-refractivity contribution < 1.29 is 19.5 Å². The van der Waals surface area contributed by atoms with E-state index in [-0.39, 0.29) is 31.4 Å². The van der Waals surface area contributed by atoms with Crippen LogP contribution in [0, 0.1) is 0 Å². The largest absolute Gasteiger partial charge is 0.481 e. The Balaban J connectivity index is 1.99. The molecule has 0 unspecified atom stereocenters. The average molecular weight is 248 g/mol. The number of hydrogen-bond donors (Lipinski definition) is 2. The van der Waals surface area contributed by atoms with Gasteiger partial charge in [-0.15, -0.1) is 0 Å². The number of carboxylic acids is 1. The van der Waals surface area contributed by atoms with E-state index in [4.69, 9.17) is 5.11 Å². The lowest BCUT2D eigenvalue weighted by atomic mass is 10.1. The van der Waals surface area contributed by atoms with Crippen LogP contribution in [0.3, 0.4) is 0 Å². The quantitative estimate of drug-likeness (QED) is 0.578. The third kappa shape index (κ3) is 2.23. The molecule has 2 amide bonds. The first-order valence-electron chi connectivity index (χ1n) is 5.49. The normalized spacial score (nSPS) is 13.9. The molecule has 1 aromatic carbocycles. The SMILES string of the molecule is O=C(O)CCNCN1C(=O)c2ccccc2C1=O. The van der Waals surface area contributed by atoms with Gasteiger partial charge in [0.05, 0.1) is 24.2 Å². The van der Waals surface area contributed by atoms with E-state index >= 15 is 0 Å². The van der Waals surface area contributed by atoms with Gasteiger partial charge >= 0.3 is 5.97 Å². The molecule has 0 radical (unpaired) electrons. The fourth-order valence-corrected chi connectivity index (χ4v) is 1.77. The second-order valence-electron chi connectivity index (χ2n) is 3.89. The molecule has 6 nitrogen and oxygen atoms in total. The van der Waals surface area contributed by atoms with Crippen LogP contribution in [-0.2, 0) is 4.79 Å². The standard InChI is InChI=1S/C12H12N2O4/c15-10(16)5-6-13-7-14-11(17)8-3-1-2-4-9(8)12(14)18/h1-4,13H,5-7H2,(H,15,16). The summed E-state index contributed by atoms with van der Waals surface area (Å²) < 4.78 is 0. The van der Waals surface area contributed by atoms with Crippen molar-refractivity contribution in [1.82, 2.24) is 10.2 Å². The summed E-state index contributed by atoms with van der Waals surface area (Å²) >= 11 is 0. The van der Waals surface area contributed by atoms with Gasteiger partial charge in [0.2, 0.25) is 0 Å². The molecule has 18 heavy (non-hydrogen) atoms. The number of benzene rings is 1. The third-order valence-corrected chi connectivity index (χ3v) is 2.66. The first-order chi connectivity index (χ1) is 8.61. The predicted octanol–water partition coefficient (Wildman–Crippen LogP) is 0.304. The maximum Gasteiger partial charge on any atom is 0.304 e. The van der Waals surface area contributed by atoms with Crippen molar-refractivity contribution in [2.45, 2.75) is 6.42 Å². The fourth-order valence-electron chi connectivity index (χ4n) is 1.77. The van der Waals surface area contributed by atoms with Crippen molar-refractivity contribution in [3.05, 3.63) is 35.4 Å². The summed E-state index contributed by atoms with van der Waals surface area (Å²) in [5, 5.41) is 11.2. The molecule has 2 N–H and O–H groups in total. The van der Waals surface area contributed by atoms with Gasteiger partial charge in [-0.1, -0.05) is 12.1 Å². The topological polar surface area (TPSA) is 86.7 Å². The fraction of sp³-hybridized carbons (Fsp3) is 0.250. The Hall–Kier alpha value is -2.21. The van der Waals surface area contributed by atoms with Gasteiger partial charge in [-0.3, -0.25) is 24.6 Å². The number of carboxylic acid groups (broad SMARTS) is 1. The highest BCUT2D eigenvalue weighted by Gasteiger charge is 2.34. The van der Waals surface area contributed by atoms with E-state index in [1.54, 1.807) is 24.3 Å². The van der Waals surface area contributed by atoms with E-state index in [0.29, 0.717) is 11.1 Å². The van der Waals surface area contributed by atoms with E-state index in [0.717, 1.165) is 4.90 Å². The Kier molecular flexibility index (Phi) is 3.38. The summed E-state index contributed by atoms with van der Waals surface area (Å²) in [6.07, 6.45) is -0.0524.